The minimum Gasteiger partial charge on any atom is -0.502 e. The minimum absolute atomic E-state index is 0.0300. The number of hydrogen-bond donors (Lipinski definition) is 2. The van der Waals surface area contributed by atoms with E-state index >= 15 is 0 Å². The molecule has 1 aliphatic heterocycles. The lowest BCUT2D eigenvalue weighted by Crippen LogP contribution is -2.40. The van der Waals surface area contributed by atoms with Crippen molar-refractivity contribution in [3.8, 4) is 28.5 Å². The van der Waals surface area contributed by atoms with Crippen LogP contribution in [0, 0.1) is 0 Å². The average molecular weight is 434 g/mol. The highest BCUT2D eigenvalue weighted by atomic mass is 16.5. The van der Waals surface area contributed by atoms with E-state index in [0.29, 0.717) is 17.2 Å². The summed E-state index contributed by atoms with van der Waals surface area (Å²) in [5.74, 6) is 0.544. The third-order valence-corrected chi connectivity index (χ3v) is 6.64. The fourth-order valence-corrected chi connectivity index (χ4v) is 5.12. The molecule has 32 heavy (non-hydrogen) atoms. The molecule has 2 N–H and O–H groups in total. The van der Waals surface area contributed by atoms with Crippen LogP contribution in [0.2, 0.25) is 0 Å². The van der Waals surface area contributed by atoms with Gasteiger partial charge in [0, 0.05) is 17.2 Å². The van der Waals surface area contributed by atoms with Crippen LogP contribution in [0.1, 0.15) is 59.8 Å². The quantitative estimate of drug-likeness (QED) is 0.610. The van der Waals surface area contributed by atoms with Crippen molar-refractivity contribution in [2.45, 2.75) is 44.2 Å². The van der Waals surface area contributed by atoms with Crippen LogP contribution in [0.5, 0.6) is 17.2 Å². The standard InChI is InChI=1S/C25H27N3O4/c1-31-18-13-16(14-19(32-2)24(18)29)23-20-21(15-9-5-3-6-10-15)26-27-22(20)25(30)28(23)17-11-7-4-8-12-17/h3,5-6,9-10,13-14,17,23,29H,4,7-8,11-12H2,1-2H3,(H,26,27). The lowest BCUT2D eigenvalue weighted by atomic mass is 9.90. The number of methoxy groups -OCH3 is 2. The Hall–Kier alpha value is -3.48. The highest BCUT2D eigenvalue weighted by Gasteiger charge is 2.45. The van der Waals surface area contributed by atoms with Crippen molar-refractivity contribution in [3.63, 3.8) is 0 Å². The summed E-state index contributed by atoms with van der Waals surface area (Å²) in [6, 6.07) is 13.3. The van der Waals surface area contributed by atoms with Crippen LogP contribution in [0.4, 0.5) is 0 Å². The van der Waals surface area contributed by atoms with Crippen molar-refractivity contribution >= 4 is 5.91 Å². The van der Waals surface area contributed by atoms with E-state index in [1.54, 1.807) is 12.1 Å². The summed E-state index contributed by atoms with van der Waals surface area (Å²) in [4.78, 5) is 15.6. The Morgan fingerprint density at radius 3 is 2.31 bits per heavy atom. The molecule has 2 aliphatic rings. The van der Waals surface area contributed by atoms with Crippen LogP contribution in [0.25, 0.3) is 11.3 Å². The minimum atomic E-state index is -0.349. The fourth-order valence-electron chi connectivity index (χ4n) is 5.12. The Balaban J connectivity index is 1.71. The molecule has 0 bridgehead atoms. The van der Waals surface area contributed by atoms with Crippen LogP contribution in [-0.4, -0.2) is 46.4 Å². The maximum absolute atomic E-state index is 13.6. The second kappa shape index (κ2) is 8.22. The molecule has 7 nitrogen and oxygen atoms in total. The van der Waals surface area contributed by atoms with Gasteiger partial charge in [-0.05, 0) is 30.5 Å². The van der Waals surface area contributed by atoms with Gasteiger partial charge in [-0.3, -0.25) is 9.89 Å². The monoisotopic (exact) mass is 433 g/mol. The first-order valence-corrected chi connectivity index (χ1v) is 11.0. The van der Waals surface area contributed by atoms with Gasteiger partial charge < -0.3 is 19.5 Å². The zero-order valence-corrected chi connectivity index (χ0v) is 18.3. The molecule has 7 heteroatoms. The third kappa shape index (κ3) is 3.20. The molecule has 1 atom stereocenters. The molecule has 0 radical (unpaired) electrons. The van der Waals surface area contributed by atoms with Gasteiger partial charge in [-0.25, -0.2) is 0 Å². The van der Waals surface area contributed by atoms with Gasteiger partial charge >= 0.3 is 0 Å². The van der Waals surface area contributed by atoms with Gasteiger partial charge in [-0.1, -0.05) is 49.6 Å². The van der Waals surface area contributed by atoms with E-state index in [2.05, 4.69) is 10.2 Å². The maximum atomic E-state index is 13.6. The summed E-state index contributed by atoms with van der Waals surface area (Å²) < 4.78 is 10.8. The largest absolute Gasteiger partial charge is 0.502 e. The van der Waals surface area contributed by atoms with Gasteiger partial charge in [0.05, 0.1) is 26.0 Å². The number of ether oxygens (including phenoxy) is 2. The number of benzene rings is 2. The van der Waals surface area contributed by atoms with Gasteiger partial charge in [-0.2, -0.15) is 5.10 Å². The molecule has 1 unspecified atom stereocenters. The lowest BCUT2D eigenvalue weighted by molar-refractivity contribution is 0.0605. The van der Waals surface area contributed by atoms with Gasteiger partial charge in [0.25, 0.3) is 5.91 Å². The molecule has 166 valence electrons. The molecular formula is C25H27N3O4. The van der Waals surface area contributed by atoms with E-state index in [4.69, 9.17) is 9.47 Å². The number of carbonyl (C=O) groups is 1. The van der Waals surface area contributed by atoms with Crippen molar-refractivity contribution in [1.29, 1.82) is 0 Å². The Bertz CT molecular complexity index is 1110. The molecule has 1 saturated carbocycles. The molecule has 3 aromatic rings. The number of hydrogen-bond acceptors (Lipinski definition) is 5. The first-order valence-electron chi connectivity index (χ1n) is 11.0. The average Bonchev–Trinajstić information content (AvgIpc) is 3.39. The van der Waals surface area contributed by atoms with Crippen LogP contribution >= 0.6 is 0 Å². The zero-order valence-electron chi connectivity index (χ0n) is 18.3. The van der Waals surface area contributed by atoms with E-state index in [-0.39, 0.29) is 23.7 Å². The third-order valence-electron chi connectivity index (χ3n) is 6.64. The number of phenolic OH excluding ortho intramolecular Hbond substituents is 1. The number of nitrogens with zero attached hydrogens (tertiary/aromatic N) is 2. The second-order valence-corrected chi connectivity index (χ2v) is 8.41. The van der Waals surface area contributed by atoms with Crippen LogP contribution in [0.15, 0.2) is 42.5 Å². The molecular weight excluding hydrogens is 406 g/mol. The van der Waals surface area contributed by atoms with Crippen LogP contribution < -0.4 is 9.47 Å². The molecule has 2 aromatic carbocycles. The smallest absolute Gasteiger partial charge is 0.273 e. The van der Waals surface area contributed by atoms with Crippen molar-refractivity contribution in [2.75, 3.05) is 14.2 Å². The molecule has 2 heterocycles. The molecule has 1 amide bonds. The maximum Gasteiger partial charge on any atom is 0.273 e. The van der Waals surface area contributed by atoms with Crippen molar-refractivity contribution in [2.24, 2.45) is 0 Å². The molecule has 0 saturated heterocycles. The van der Waals surface area contributed by atoms with Gasteiger partial charge in [0.2, 0.25) is 5.75 Å². The van der Waals surface area contributed by atoms with Gasteiger partial charge in [0.15, 0.2) is 11.5 Å². The van der Waals surface area contributed by atoms with Gasteiger partial charge in [0.1, 0.15) is 5.69 Å². The topological polar surface area (TPSA) is 87.7 Å². The number of aromatic hydroxyl groups is 1. The zero-order chi connectivity index (χ0) is 22.2. The molecule has 5 rings (SSSR count). The van der Waals surface area contributed by atoms with E-state index in [1.165, 1.54) is 20.6 Å². The Morgan fingerprint density at radius 2 is 1.69 bits per heavy atom. The summed E-state index contributed by atoms with van der Waals surface area (Å²) in [6.45, 7) is 0. The van der Waals surface area contributed by atoms with E-state index in [9.17, 15) is 9.90 Å². The van der Waals surface area contributed by atoms with E-state index < -0.39 is 0 Å². The van der Waals surface area contributed by atoms with Crippen molar-refractivity contribution in [3.05, 3.63) is 59.3 Å². The SMILES string of the molecule is COc1cc(C2c3c(-c4ccccc4)n[nH]c3C(=O)N2C2CCCCC2)cc(OC)c1O. The van der Waals surface area contributed by atoms with Crippen molar-refractivity contribution < 1.29 is 19.4 Å². The normalized spacial score (nSPS) is 18.6. The summed E-state index contributed by atoms with van der Waals surface area (Å²) >= 11 is 0. The predicted molar refractivity (Wildman–Crippen MR) is 120 cm³/mol. The number of amides is 1. The summed E-state index contributed by atoms with van der Waals surface area (Å²) in [7, 11) is 3.02. The number of fused-ring (bicyclic) bond motifs is 1. The first-order chi connectivity index (χ1) is 15.6. The highest BCUT2D eigenvalue weighted by Crippen LogP contribution is 2.48. The molecule has 1 aliphatic carbocycles. The Labute approximate surface area is 187 Å². The lowest BCUT2D eigenvalue weighted by Gasteiger charge is -2.36. The van der Waals surface area contributed by atoms with Gasteiger partial charge in [-0.15, -0.1) is 0 Å². The highest BCUT2D eigenvalue weighted by molar-refractivity contribution is 6.00. The molecule has 1 fully saturated rings. The number of H-pyrrole nitrogens is 1. The van der Waals surface area contributed by atoms with E-state index in [1.807, 2.05) is 35.2 Å². The number of aromatic nitrogens is 2. The molecule has 0 spiro atoms. The Kier molecular flexibility index (Phi) is 5.25. The Morgan fingerprint density at radius 1 is 1.03 bits per heavy atom. The number of rotatable bonds is 5. The van der Waals surface area contributed by atoms with Crippen LogP contribution in [-0.2, 0) is 0 Å². The second-order valence-electron chi connectivity index (χ2n) is 8.41. The number of carbonyl (C=O) groups excluding carboxylic acids is 1. The first kappa shape index (κ1) is 20.4. The number of aromatic amines is 1. The number of phenols is 1. The fraction of sp³-hybridized carbons (Fsp3) is 0.360. The summed E-state index contributed by atoms with van der Waals surface area (Å²) in [5.41, 5.74) is 3.94. The van der Waals surface area contributed by atoms with E-state index in [0.717, 1.165) is 48.1 Å². The van der Waals surface area contributed by atoms with Crippen LogP contribution in [0.3, 0.4) is 0 Å². The molecule has 1 aromatic heterocycles. The number of nitrogens with one attached hydrogen (secondary N) is 1. The predicted octanol–water partition coefficient (Wildman–Crippen LogP) is 4.68. The van der Waals surface area contributed by atoms with Crippen molar-refractivity contribution in [1.82, 2.24) is 15.1 Å². The summed E-state index contributed by atoms with van der Waals surface area (Å²) in [5, 5.41) is 18.0. The summed E-state index contributed by atoms with van der Waals surface area (Å²) in [6.07, 6.45) is 5.38.